The van der Waals surface area contributed by atoms with E-state index in [2.05, 4.69) is 4.74 Å². The van der Waals surface area contributed by atoms with Gasteiger partial charge in [0.05, 0.1) is 13.7 Å². The normalized spacial score (nSPS) is 23.0. The van der Waals surface area contributed by atoms with Gasteiger partial charge >= 0.3 is 17.9 Å². The molecule has 0 aromatic heterocycles. The SMILES string of the molecule is CCOC(=O)[C@]1(C)C[C@@H](CCCCCCCCC(=O)OC)OC1=O. The molecule has 1 fully saturated rings. The molecular formula is C18H30O6. The molecule has 1 aliphatic heterocycles. The summed E-state index contributed by atoms with van der Waals surface area (Å²) in [7, 11) is 1.41. The summed E-state index contributed by atoms with van der Waals surface area (Å²) in [6, 6.07) is 0. The predicted octanol–water partition coefficient (Wildman–Crippen LogP) is 3.17. The molecule has 0 saturated carbocycles. The van der Waals surface area contributed by atoms with Crippen LogP contribution in [0.3, 0.4) is 0 Å². The molecule has 0 amide bonds. The van der Waals surface area contributed by atoms with Crippen molar-refractivity contribution in [2.45, 2.75) is 77.7 Å². The molecule has 1 aliphatic rings. The summed E-state index contributed by atoms with van der Waals surface area (Å²) in [5.41, 5.74) is -1.14. The maximum absolute atomic E-state index is 11.9. The van der Waals surface area contributed by atoms with E-state index in [9.17, 15) is 14.4 Å². The second-order valence-corrected chi connectivity index (χ2v) is 6.52. The van der Waals surface area contributed by atoms with Crippen LogP contribution in [0.4, 0.5) is 0 Å². The van der Waals surface area contributed by atoms with Crippen LogP contribution in [-0.4, -0.2) is 37.7 Å². The molecule has 6 heteroatoms. The van der Waals surface area contributed by atoms with Gasteiger partial charge in [-0.25, -0.2) is 0 Å². The number of hydrogen-bond acceptors (Lipinski definition) is 6. The Morgan fingerprint density at radius 2 is 1.79 bits per heavy atom. The molecule has 24 heavy (non-hydrogen) atoms. The second kappa shape index (κ2) is 10.3. The van der Waals surface area contributed by atoms with Crippen molar-refractivity contribution >= 4 is 17.9 Å². The maximum atomic E-state index is 11.9. The Morgan fingerprint density at radius 3 is 2.42 bits per heavy atom. The van der Waals surface area contributed by atoms with Crippen molar-refractivity contribution in [1.29, 1.82) is 0 Å². The van der Waals surface area contributed by atoms with E-state index >= 15 is 0 Å². The smallest absolute Gasteiger partial charge is 0.323 e. The average Bonchev–Trinajstić information content (AvgIpc) is 2.85. The van der Waals surface area contributed by atoms with Crippen LogP contribution >= 0.6 is 0 Å². The third kappa shape index (κ3) is 6.13. The first-order chi connectivity index (χ1) is 11.4. The monoisotopic (exact) mass is 342 g/mol. The Labute approximate surface area is 144 Å². The predicted molar refractivity (Wildman–Crippen MR) is 88.2 cm³/mol. The van der Waals surface area contributed by atoms with Gasteiger partial charge < -0.3 is 14.2 Å². The minimum Gasteiger partial charge on any atom is -0.469 e. The summed E-state index contributed by atoms with van der Waals surface area (Å²) in [4.78, 5) is 34.8. The first kappa shape index (κ1) is 20.5. The lowest BCUT2D eigenvalue weighted by molar-refractivity contribution is -0.163. The van der Waals surface area contributed by atoms with E-state index in [4.69, 9.17) is 9.47 Å². The molecule has 1 heterocycles. The Hall–Kier alpha value is -1.59. The van der Waals surface area contributed by atoms with Crippen molar-refractivity contribution in [3.05, 3.63) is 0 Å². The molecule has 138 valence electrons. The van der Waals surface area contributed by atoms with Crippen LogP contribution in [-0.2, 0) is 28.6 Å². The molecule has 0 radical (unpaired) electrons. The highest BCUT2D eigenvalue weighted by atomic mass is 16.6. The van der Waals surface area contributed by atoms with Crippen LogP contribution in [0.5, 0.6) is 0 Å². The van der Waals surface area contributed by atoms with Crippen molar-refractivity contribution in [3.8, 4) is 0 Å². The second-order valence-electron chi connectivity index (χ2n) is 6.52. The Kier molecular flexibility index (Phi) is 8.79. The zero-order chi connectivity index (χ0) is 18.0. The van der Waals surface area contributed by atoms with Crippen LogP contribution < -0.4 is 0 Å². The van der Waals surface area contributed by atoms with Gasteiger partial charge in [0.2, 0.25) is 0 Å². The first-order valence-electron chi connectivity index (χ1n) is 8.89. The van der Waals surface area contributed by atoms with E-state index in [1.54, 1.807) is 13.8 Å². The summed E-state index contributed by atoms with van der Waals surface area (Å²) in [5.74, 6) is -1.10. The number of rotatable bonds is 11. The van der Waals surface area contributed by atoms with Gasteiger partial charge in [0.15, 0.2) is 5.41 Å². The zero-order valence-corrected chi connectivity index (χ0v) is 15.1. The van der Waals surface area contributed by atoms with Crippen molar-refractivity contribution in [3.63, 3.8) is 0 Å². The Bertz CT molecular complexity index is 433. The molecular weight excluding hydrogens is 312 g/mol. The molecule has 0 spiro atoms. The number of hydrogen-bond donors (Lipinski definition) is 0. The van der Waals surface area contributed by atoms with Crippen LogP contribution in [0.2, 0.25) is 0 Å². The largest absolute Gasteiger partial charge is 0.469 e. The standard InChI is InChI=1S/C18H30O6/c1-4-23-16(20)18(2)13-14(24-17(18)21)11-9-7-5-6-8-10-12-15(19)22-3/h14H,4-13H2,1-3H3/t14-,18+/m1/s1. The van der Waals surface area contributed by atoms with Gasteiger partial charge in [0.25, 0.3) is 0 Å². The summed E-state index contributed by atoms with van der Waals surface area (Å²) < 4.78 is 14.9. The topological polar surface area (TPSA) is 78.9 Å². The van der Waals surface area contributed by atoms with Gasteiger partial charge in [0, 0.05) is 12.8 Å². The number of carbonyl (C=O) groups is 3. The maximum Gasteiger partial charge on any atom is 0.323 e. The number of unbranched alkanes of at least 4 members (excludes halogenated alkanes) is 5. The minimum atomic E-state index is -1.14. The fourth-order valence-corrected chi connectivity index (χ4v) is 2.93. The molecule has 2 atom stereocenters. The van der Waals surface area contributed by atoms with E-state index in [-0.39, 0.29) is 18.7 Å². The van der Waals surface area contributed by atoms with Crippen LogP contribution in [0.15, 0.2) is 0 Å². The quantitative estimate of drug-likeness (QED) is 0.248. The number of methoxy groups -OCH3 is 1. The lowest BCUT2D eigenvalue weighted by atomic mass is 9.86. The van der Waals surface area contributed by atoms with Gasteiger partial charge in [-0.05, 0) is 33.1 Å². The summed E-state index contributed by atoms with van der Waals surface area (Å²) >= 11 is 0. The van der Waals surface area contributed by atoms with Crippen LogP contribution in [0.1, 0.15) is 71.6 Å². The van der Waals surface area contributed by atoms with Gasteiger partial charge in [-0.2, -0.15) is 0 Å². The molecule has 0 bridgehead atoms. The first-order valence-corrected chi connectivity index (χ1v) is 8.89. The summed E-state index contributed by atoms with van der Waals surface area (Å²) in [5, 5.41) is 0. The number of esters is 3. The van der Waals surface area contributed by atoms with E-state index in [1.807, 2.05) is 0 Å². The summed E-state index contributed by atoms with van der Waals surface area (Å²) in [6.45, 7) is 3.60. The fraction of sp³-hybridized carbons (Fsp3) is 0.833. The fourth-order valence-electron chi connectivity index (χ4n) is 2.93. The average molecular weight is 342 g/mol. The molecule has 0 aromatic carbocycles. The van der Waals surface area contributed by atoms with Crippen molar-refractivity contribution in [2.75, 3.05) is 13.7 Å². The highest BCUT2D eigenvalue weighted by molar-refractivity contribution is 6.00. The van der Waals surface area contributed by atoms with Gasteiger partial charge in [-0.1, -0.05) is 25.7 Å². The molecule has 0 N–H and O–H groups in total. The lowest BCUT2D eigenvalue weighted by Gasteiger charge is -2.16. The van der Waals surface area contributed by atoms with Crippen molar-refractivity contribution in [2.24, 2.45) is 5.41 Å². The summed E-state index contributed by atoms with van der Waals surface area (Å²) in [6.07, 6.45) is 7.58. The Morgan fingerprint density at radius 1 is 1.17 bits per heavy atom. The highest BCUT2D eigenvalue weighted by Gasteiger charge is 2.52. The van der Waals surface area contributed by atoms with Crippen molar-refractivity contribution in [1.82, 2.24) is 0 Å². The van der Waals surface area contributed by atoms with Crippen LogP contribution in [0.25, 0.3) is 0 Å². The number of cyclic esters (lactones) is 1. The lowest BCUT2D eigenvalue weighted by Crippen LogP contribution is -2.34. The zero-order valence-electron chi connectivity index (χ0n) is 15.1. The van der Waals surface area contributed by atoms with Gasteiger partial charge in [-0.3, -0.25) is 14.4 Å². The molecule has 0 aromatic rings. The van der Waals surface area contributed by atoms with E-state index < -0.39 is 17.4 Å². The molecule has 6 nitrogen and oxygen atoms in total. The van der Waals surface area contributed by atoms with Gasteiger partial charge in [-0.15, -0.1) is 0 Å². The number of ether oxygens (including phenoxy) is 3. The third-order valence-electron chi connectivity index (χ3n) is 4.47. The van der Waals surface area contributed by atoms with E-state index in [0.717, 1.165) is 44.9 Å². The molecule has 1 rings (SSSR count). The minimum absolute atomic E-state index is 0.150. The van der Waals surface area contributed by atoms with Gasteiger partial charge in [0.1, 0.15) is 6.10 Å². The molecule has 0 unspecified atom stereocenters. The highest BCUT2D eigenvalue weighted by Crippen LogP contribution is 2.37. The van der Waals surface area contributed by atoms with Crippen molar-refractivity contribution < 1.29 is 28.6 Å². The van der Waals surface area contributed by atoms with E-state index in [1.165, 1.54) is 7.11 Å². The Balaban J connectivity index is 2.13. The van der Waals surface area contributed by atoms with Crippen LogP contribution in [0, 0.1) is 5.41 Å². The molecule has 0 aliphatic carbocycles. The third-order valence-corrected chi connectivity index (χ3v) is 4.47. The number of carbonyl (C=O) groups excluding carboxylic acids is 3. The molecule has 1 saturated heterocycles. The van der Waals surface area contributed by atoms with E-state index in [0.29, 0.717) is 12.8 Å².